The number of anilines is 1. The van der Waals surface area contributed by atoms with Crippen LogP contribution in [0.4, 0.5) is 10.1 Å². The number of carbonyl (C=O) groups excluding carboxylic acids is 2. The molecule has 1 atom stereocenters. The summed E-state index contributed by atoms with van der Waals surface area (Å²) in [6, 6.07) is 17.0. The van der Waals surface area contributed by atoms with Crippen molar-refractivity contribution in [3.8, 4) is 11.5 Å². The zero-order chi connectivity index (χ0) is 26.8. The van der Waals surface area contributed by atoms with Gasteiger partial charge in [-0.15, -0.1) is 5.10 Å². The molecule has 2 aliphatic rings. The van der Waals surface area contributed by atoms with Gasteiger partial charge in [0, 0.05) is 23.4 Å². The molecule has 3 aromatic carbocycles. The molecule has 2 heterocycles. The van der Waals surface area contributed by atoms with Crippen LogP contribution in [0.5, 0.6) is 11.5 Å². The lowest BCUT2D eigenvalue weighted by molar-refractivity contribution is -0.127. The molecule has 1 aromatic heterocycles. The number of nitrogens with one attached hydrogen (secondary N) is 1. The number of carbonyl (C=O) groups is 2. The zero-order valence-electron chi connectivity index (χ0n) is 21.3. The van der Waals surface area contributed by atoms with Crippen molar-refractivity contribution in [2.45, 2.75) is 50.7 Å². The number of aromatic nitrogens is 3. The summed E-state index contributed by atoms with van der Waals surface area (Å²) < 4.78 is 27.8. The van der Waals surface area contributed by atoms with E-state index >= 15 is 4.39 Å². The number of ether oxygens (including phenoxy) is 2. The number of amides is 2. The number of para-hydroxylation sites is 1. The number of fused-ring (bicyclic) bond motifs is 2. The van der Waals surface area contributed by atoms with Crippen molar-refractivity contribution >= 4 is 28.5 Å². The van der Waals surface area contributed by atoms with Gasteiger partial charge < -0.3 is 14.8 Å². The Morgan fingerprint density at radius 2 is 1.77 bits per heavy atom. The SMILES string of the molecule is O=C(NC1CCCCC1)C(c1ccccc1F)N(C(=O)Cn1nnc2ccccc21)c1ccc2c(c1)OCO2. The third-order valence-corrected chi connectivity index (χ3v) is 7.27. The average Bonchev–Trinajstić information content (AvgIpc) is 3.59. The van der Waals surface area contributed by atoms with E-state index in [4.69, 9.17) is 9.47 Å². The fourth-order valence-electron chi connectivity index (χ4n) is 5.33. The largest absolute Gasteiger partial charge is 0.454 e. The van der Waals surface area contributed by atoms with Crippen LogP contribution in [-0.2, 0) is 16.1 Å². The maximum atomic E-state index is 15.3. The van der Waals surface area contributed by atoms with Gasteiger partial charge >= 0.3 is 0 Å². The Kier molecular flexibility index (Phi) is 6.83. The van der Waals surface area contributed by atoms with E-state index in [0.717, 1.165) is 32.1 Å². The zero-order valence-corrected chi connectivity index (χ0v) is 21.3. The number of halogens is 1. The molecule has 1 fully saturated rings. The van der Waals surface area contributed by atoms with Crippen molar-refractivity contribution < 1.29 is 23.5 Å². The number of hydrogen-bond acceptors (Lipinski definition) is 6. The Morgan fingerprint density at radius 3 is 2.62 bits per heavy atom. The molecule has 9 nitrogen and oxygen atoms in total. The summed E-state index contributed by atoms with van der Waals surface area (Å²) in [5.74, 6) is -0.511. The first-order valence-corrected chi connectivity index (χ1v) is 13.1. The van der Waals surface area contributed by atoms with Gasteiger partial charge in [-0.2, -0.15) is 0 Å². The summed E-state index contributed by atoms with van der Waals surface area (Å²) in [6.07, 6.45) is 4.84. The summed E-state index contributed by atoms with van der Waals surface area (Å²) in [4.78, 5) is 29.4. The van der Waals surface area contributed by atoms with Crippen LogP contribution in [0.2, 0.25) is 0 Å². The first-order valence-electron chi connectivity index (χ1n) is 13.1. The minimum absolute atomic E-state index is 0.0338. The third kappa shape index (κ3) is 5.01. The van der Waals surface area contributed by atoms with Gasteiger partial charge in [-0.25, -0.2) is 9.07 Å². The summed E-state index contributed by atoms with van der Waals surface area (Å²) in [6.45, 7) is -0.160. The molecule has 2 amide bonds. The third-order valence-electron chi connectivity index (χ3n) is 7.27. The van der Waals surface area contributed by atoms with E-state index in [1.165, 1.54) is 15.6 Å². The minimum atomic E-state index is -1.27. The van der Waals surface area contributed by atoms with Crippen molar-refractivity contribution in [2.75, 3.05) is 11.7 Å². The predicted octanol–water partition coefficient (Wildman–Crippen LogP) is 4.52. The van der Waals surface area contributed by atoms with E-state index < -0.39 is 23.7 Å². The van der Waals surface area contributed by atoms with Crippen molar-refractivity contribution in [1.82, 2.24) is 20.3 Å². The lowest BCUT2D eigenvalue weighted by atomic mass is 9.94. The van der Waals surface area contributed by atoms with Crippen LogP contribution in [0.1, 0.15) is 43.7 Å². The maximum absolute atomic E-state index is 15.3. The molecule has 1 saturated carbocycles. The smallest absolute Gasteiger partial charge is 0.249 e. The first kappa shape index (κ1) is 24.8. The molecule has 200 valence electrons. The molecule has 0 radical (unpaired) electrons. The molecule has 39 heavy (non-hydrogen) atoms. The lowest BCUT2D eigenvalue weighted by Crippen LogP contribution is -2.48. The Hall–Kier alpha value is -4.47. The summed E-state index contributed by atoms with van der Waals surface area (Å²) in [7, 11) is 0. The highest BCUT2D eigenvalue weighted by Crippen LogP contribution is 2.39. The standard InChI is InChI=1S/C29H28FN5O4/c30-22-11-5-4-10-21(22)28(29(37)31-19-8-2-1-3-9-19)35(20-14-15-25-26(16-20)39-18-38-25)27(36)17-34-24-13-7-6-12-23(24)32-33-34/h4-7,10-16,19,28H,1-3,8-9,17-18H2,(H,31,37). The molecule has 0 spiro atoms. The fraction of sp³-hybridized carbons (Fsp3) is 0.310. The van der Waals surface area contributed by atoms with Crippen molar-refractivity contribution in [2.24, 2.45) is 0 Å². The average molecular weight is 530 g/mol. The van der Waals surface area contributed by atoms with E-state index in [1.807, 2.05) is 18.2 Å². The van der Waals surface area contributed by atoms with Crippen LogP contribution in [0.25, 0.3) is 11.0 Å². The molecule has 0 saturated heterocycles. The van der Waals surface area contributed by atoms with Gasteiger partial charge in [-0.3, -0.25) is 14.5 Å². The highest BCUT2D eigenvalue weighted by atomic mass is 19.1. The number of benzene rings is 3. The van der Waals surface area contributed by atoms with Crippen LogP contribution in [0, 0.1) is 5.82 Å². The van der Waals surface area contributed by atoms with Gasteiger partial charge in [0.05, 0.1) is 5.52 Å². The van der Waals surface area contributed by atoms with Gasteiger partial charge in [0.15, 0.2) is 11.5 Å². The van der Waals surface area contributed by atoms with Gasteiger partial charge in [0.25, 0.3) is 0 Å². The molecule has 1 unspecified atom stereocenters. The molecule has 4 aromatic rings. The van der Waals surface area contributed by atoms with E-state index in [2.05, 4.69) is 15.6 Å². The highest BCUT2D eigenvalue weighted by molar-refractivity contribution is 6.02. The fourth-order valence-corrected chi connectivity index (χ4v) is 5.33. The molecule has 1 N–H and O–H groups in total. The van der Waals surface area contributed by atoms with E-state index in [0.29, 0.717) is 28.2 Å². The quantitative estimate of drug-likeness (QED) is 0.378. The highest BCUT2D eigenvalue weighted by Gasteiger charge is 2.36. The van der Waals surface area contributed by atoms with Crippen LogP contribution < -0.4 is 19.7 Å². The molecule has 10 heteroatoms. The first-order chi connectivity index (χ1) is 19.1. The topological polar surface area (TPSA) is 98.6 Å². The summed E-state index contributed by atoms with van der Waals surface area (Å²) in [5.41, 5.74) is 1.78. The van der Waals surface area contributed by atoms with Gasteiger partial charge in [-0.05, 0) is 43.2 Å². The number of nitrogens with zero attached hydrogens (tertiary/aromatic N) is 4. The molecule has 1 aliphatic heterocycles. The second-order valence-corrected chi connectivity index (χ2v) is 9.80. The second-order valence-electron chi connectivity index (χ2n) is 9.80. The second kappa shape index (κ2) is 10.7. The van der Waals surface area contributed by atoms with Gasteiger partial charge in [0.1, 0.15) is 23.9 Å². The molecular weight excluding hydrogens is 501 g/mol. The summed E-state index contributed by atoms with van der Waals surface area (Å²) >= 11 is 0. The monoisotopic (exact) mass is 529 g/mol. The van der Waals surface area contributed by atoms with Gasteiger partial charge in [0.2, 0.25) is 18.6 Å². The Labute approximate surface area is 224 Å². The van der Waals surface area contributed by atoms with Crippen molar-refractivity contribution in [3.05, 3.63) is 78.1 Å². The summed E-state index contributed by atoms with van der Waals surface area (Å²) in [5, 5.41) is 11.4. The van der Waals surface area contributed by atoms with E-state index in [1.54, 1.807) is 42.5 Å². The Morgan fingerprint density at radius 1 is 1.00 bits per heavy atom. The number of rotatable bonds is 7. The maximum Gasteiger partial charge on any atom is 0.249 e. The molecule has 1 aliphatic carbocycles. The molecule has 6 rings (SSSR count). The predicted molar refractivity (Wildman–Crippen MR) is 142 cm³/mol. The van der Waals surface area contributed by atoms with Crippen LogP contribution in [-0.4, -0.2) is 39.6 Å². The van der Waals surface area contributed by atoms with E-state index in [9.17, 15) is 9.59 Å². The van der Waals surface area contributed by atoms with Crippen molar-refractivity contribution in [1.29, 1.82) is 0 Å². The normalized spacial score (nSPS) is 15.7. The van der Waals surface area contributed by atoms with Crippen molar-refractivity contribution in [3.63, 3.8) is 0 Å². The lowest BCUT2D eigenvalue weighted by Gasteiger charge is -2.33. The van der Waals surface area contributed by atoms with Crippen LogP contribution in [0.3, 0.4) is 0 Å². The number of hydrogen-bond donors (Lipinski definition) is 1. The minimum Gasteiger partial charge on any atom is -0.454 e. The molecular formula is C29H28FN5O4. The molecule has 0 bridgehead atoms. The Balaban J connectivity index is 1.43. The van der Waals surface area contributed by atoms with Crippen LogP contribution in [0.15, 0.2) is 66.7 Å². The van der Waals surface area contributed by atoms with Crippen LogP contribution >= 0.6 is 0 Å². The Bertz CT molecular complexity index is 1520. The van der Waals surface area contributed by atoms with E-state index in [-0.39, 0.29) is 24.9 Å². The van der Waals surface area contributed by atoms with Gasteiger partial charge in [-0.1, -0.05) is 54.8 Å².